The molecule has 4 nitrogen and oxygen atoms in total. The monoisotopic (exact) mass is 201 g/mol. The van der Waals surface area contributed by atoms with Crippen LogP contribution < -0.4 is 4.74 Å². The highest BCUT2D eigenvalue weighted by Crippen LogP contribution is 2.20. The maximum atomic E-state index is 10.5. The fraction of sp³-hybridized carbons (Fsp3) is 0.125. The quantitative estimate of drug-likeness (QED) is 0.743. The lowest BCUT2D eigenvalue weighted by Crippen LogP contribution is -2.00. The first-order chi connectivity index (χ1) is 6.03. The van der Waals surface area contributed by atoms with Gasteiger partial charge in [0.25, 0.3) is 10.1 Å². The van der Waals surface area contributed by atoms with E-state index < -0.39 is 10.1 Å². The van der Waals surface area contributed by atoms with E-state index in [9.17, 15) is 8.42 Å². The fourth-order valence-corrected chi connectivity index (χ4v) is 1.44. The van der Waals surface area contributed by atoms with E-state index in [1.807, 2.05) is 0 Å². The number of benzene rings is 1. The van der Waals surface area contributed by atoms with Crippen molar-refractivity contribution in [3.05, 3.63) is 35.6 Å². The number of hydrogen-bond acceptors (Lipinski definition) is 3. The molecular formula is C8H9O4S. The van der Waals surface area contributed by atoms with Crippen LogP contribution in [0.25, 0.3) is 0 Å². The molecule has 0 fully saturated rings. The van der Waals surface area contributed by atoms with Crippen LogP contribution in [0.1, 0.15) is 5.56 Å². The van der Waals surface area contributed by atoms with Crippen LogP contribution in [0.2, 0.25) is 0 Å². The van der Waals surface area contributed by atoms with Crippen molar-refractivity contribution in [2.24, 2.45) is 0 Å². The topological polar surface area (TPSA) is 63.6 Å². The summed E-state index contributed by atoms with van der Waals surface area (Å²) in [6.45, 7) is 0. The van der Waals surface area contributed by atoms with Crippen LogP contribution in [-0.4, -0.2) is 20.1 Å². The molecule has 0 aromatic heterocycles. The van der Waals surface area contributed by atoms with E-state index in [-0.39, 0.29) is 0 Å². The van der Waals surface area contributed by atoms with E-state index in [0.29, 0.717) is 11.3 Å². The van der Waals surface area contributed by atoms with Gasteiger partial charge in [0.1, 0.15) is 11.5 Å². The third kappa shape index (κ3) is 3.04. The Morgan fingerprint density at radius 2 is 2.00 bits per heavy atom. The van der Waals surface area contributed by atoms with E-state index in [2.05, 4.69) is 0 Å². The van der Waals surface area contributed by atoms with Crippen molar-refractivity contribution < 1.29 is 17.7 Å². The van der Waals surface area contributed by atoms with Gasteiger partial charge in [-0.3, -0.25) is 4.55 Å². The molecule has 1 N–H and O–H groups in total. The first kappa shape index (κ1) is 10.0. The third-order valence-electron chi connectivity index (χ3n) is 1.41. The molecule has 1 rings (SSSR count). The maximum absolute atomic E-state index is 10.5. The highest BCUT2D eigenvalue weighted by Gasteiger charge is 2.11. The van der Waals surface area contributed by atoms with Gasteiger partial charge in [0, 0.05) is 5.56 Å². The average molecular weight is 201 g/mol. The number of para-hydroxylation sites is 1. The summed E-state index contributed by atoms with van der Waals surface area (Å²) in [7, 11) is -2.69. The van der Waals surface area contributed by atoms with Gasteiger partial charge < -0.3 is 4.74 Å². The molecule has 0 bridgehead atoms. The smallest absolute Gasteiger partial charge is 0.273 e. The SMILES string of the molecule is COc1ccccc1[CH]S(=O)(=O)O. The van der Waals surface area contributed by atoms with Crippen molar-refractivity contribution in [1.29, 1.82) is 0 Å². The lowest BCUT2D eigenvalue weighted by atomic mass is 10.2. The minimum Gasteiger partial charge on any atom is -0.496 e. The zero-order valence-electron chi connectivity index (χ0n) is 6.97. The van der Waals surface area contributed by atoms with E-state index >= 15 is 0 Å². The molecule has 0 saturated carbocycles. The van der Waals surface area contributed by atoms with Gasteiger partial charge in [0.15, 0.2) is 0 Å². The summed E-state index contributed by atoms with van der Waals surface area (Å²) in [6.07, 6.45) is 0. The van der Waals surface area contributed by atoms with Crippen molar-refractivity contribution in [1.82, 2.24) is 0 Å². The minimum absolute atomic E-state index is 0.326. The van der Waals surface area contributed by atoms with Crippen LogP contribution in [0, 0.1) is 5.75 Å². The van der Waals surface area contributed by atoms with Crippen LogP contribution in [0.3, 0.4) is 0 Å². The Morgan fingerprint density at radius 3 is 2.54 bits per heavy atom. The Kier molecular flexibility index (Phi) is 2.90. The highest BCUT2D eigenvalue weighted by molar-refractivity contribution is 7.88. The van der Waals surface area contributed by atoms with E-state index in [1.165, 1.54) is 13.2 Å². The molecule has 13 heavy (non-hydrogen) atoms. The molecule has 1 radical (unpaired) electrons. The number of hydrogen-bond donors (Lipinski definition) is 1. The lowest BCUT2D eigenvalue weighted by molar-refractivity contribution is 0.412. The first-order valence-electron chi connectivity index (χ1n) is 3.48. The summed E-state index contributed by atoms with van der Waals surface area (Å²) >= 11 is 0. The fourth-order valence-electron chi connectivity index (χ4n) is 0.924. The maximum Gasteiger partial charge on any atom is 0.273 e. The van der Waals surface area contributed by atoms with Crippen LogP contribution in [0.15, 0.2) is 24.3 Å². The standard InChI is InChI=1S/C8H9O4S/c1-12-8-5-3-2-4-7(8)6-13(9,10)11/h2-6H,1H3,(H,9,10,11). The Hall–Kier alpha value is -1.07. The van der Waals surface area contributed by atoms with E-state index in [1.54, 1.807) is 18.2 Å². The minimum atomic E-state index is -4.11. The zero-order chi connectivity index (χ0) is 9.90. The Morgan fingerprint density at radius 1 is 1.38 bits per heavy atom. The molecule has 0 aliphatic rings. The molecule has 5 heteroatoms. The van der Waals surface area contributed by atoms with Gasteiger partial charge in [0.05, 0.1) is 7.11 Å². The van der Waals surface area contributed by atoms with Crippen LogP contribution >= 0.6 is 0 Å². The van der Waals surface area contributed by atoms with Gasteiger partial charge in [-0.1, -0.05) is 18.2 Å². The third-order valence-corrected chi connectivity index (χ3v) is 1.97. The molecule has 71 valence electrons. The molecule has 1 aromatic carbocycles. The molecule has 0 heterocycles. The van der Waals surface area contributed by atoms with Gasteiger partial charge in [-0.05, 0) is 6.07 Å². The van der Waals surface area contributed by atoms with Crippen molar-refractivity contribution in [3.63, 3.8) is 0 Å². The molecule has 0 unspecified atom stereocenters. The second kappa shape index (κ2) is 3.76. The second-order valence-corrected chi connectivity index (χ2v) is 3.64. The lowest BCUT2D eigenvalue weighted by Gasteiger charge is -2.04. The molecular weight excluding hydrogens is 192 g/mol. The Bertz CT molecular complexity index is 383. The van der Waals surface area contributed by atoms with Crippen LogP contribution in [-0.2, 0) is 10.1 Å². The zero-order valence-corrected chi connectivity index (χ0v) is 7.78. The van der Waals surface area contributed by atoms with Crippen molar-refractivity contribution in [3.8, 4) is 5.75 Å². The Labute approximate surface area is 76.9 Å². The molecule has 1 aromatic rings. The van der Waals surface area contributed by atoms with Gasteiger partial charge in [-0.15, -0.1) is 0 Å². The summed E-state index contributed by atoms with van der Waals surface area (Å²) < 4.78 is 34.5. The summed E-state index contributed by atoms with van der Waals surface area (Å²) in [4.78, 5) is 0. The molecule has 0 aliphatic carbocycles. The largest absolute Gasteiger partial charge is 0.496 e. The predicted octanol–water partition coefficient (Wildman–Crippen LogP) is 1.09. The second-order valence-electron chi connectivity index (χ2n) is 2.37. The van der Waals surface area contributed by atoms with E-state index in [0.717, 1.165) is 5.75 Å². The number of ether oxygens (including phenoxy) is 1. The molecule has 0 aliphatic heterocycles. The molecule has 0 spiro atoms. The molecule has 0 amide bonds. The Balaban J connectivity index is 3.01. The van der Waals surface area contributed by atoms with Crippen LogP contribution in [0.5, 0.6) is 5.75 Å². The van der Waals surface area contributed by atoms with Crippen molar-refractivity contribution in [2.75, 3.05) is 7.11 Å². The van der Waals surface area contributed by atoms with Crippen LogP contribution in [0.4, 0.5) is 0 Å². The normalized spacial score (nSPS) is 11.2. The summed E-state index contributed by atoms with van der Waals surface area (Å²) in [5.41, 5.74) is 0.326. The van der Waals surface area contributed by atoms with E-state index in [4.69, 9.17) is 9.29 Å². The van der Waals surface area contributed by atoms with Gasteiger partial charge in [-0.25, -0.2) is 0 Å². The predicted molar refractivity (Wildman–Crippen MR) is 47.9 cm³/mol. The van der Waals surface area contributed by atoms with Gasteiger partial charge in [-0.2, -0.15) is 8.42 Å². The number of methoxy groups -OCH3 is 1. The van der Waals surface area contributed by atoms with Crippen molar-refractivity contribution >= 4 is 10.1 Å². The van der Waals surface area contributed by atoms with Gasteiger partial charge in [0.2, 0.25) is 0 Å². The summed E-state index contributed by atoms with van der Waals surface area (Å²) in [5, 5.41) is 0. The highest BCUT2D eigenvalue weighted by atomic mass is 32.2. The summed E-state index contributed by atoms with van der Waals surface area (Å²) in [5.74, 6) is 1.14. The molecule has 0 saturated heterocycles. The van der Waals surface area contributed by atoms with Crippen molar-refractivity contribution in [2.45, 2.75) is 0 Å². The van der Waals surface area contributed by atoms with Gasteiger partial charge >= 0.3 is 0 Å². The number of rotatable bonds is 3. The summed E-state index contributed by atoms with van der Waals surface area (Å²) in [6, 6.07) is 6.50. The molecule has 0 atom stereocenters. The first-order valence-corrected chi connectivity index (χ1v) is 4.98. The average Bonchev–Trinajstić information content (AvgIpc) is 2.02.